The van der Waals surface area contributed by atoms with Crippen molar-refractivity contribution in [1.82, 2.24) is 4.90 Å². The standard InChI is InChI=1S/C23H55NO14Si4/c1-11-27-40(28-12-2,29-13-3)36-39(22-20-21-24(10)23(25)26,37-41(30-14-4,31-15-5)32-16-6)38-42(33-17-7,34-18-8)35-19-9/h11-22H2,1-10H3,(H,25,26). The second-order valence-corrected chi connectivity index (χ2v) is 18.1. The maximum atomic E-state index is 11.6. The van der Waals surface area contributed by atoms with Gasteiger partial charge in [0.05, 0.1) is 0 Å². The molecule has 19 heteroatoms. The molecule has 0 unspecified atom stereocenters. The topological polar surface area (TPSA) is 151 Å². The zero-order valence-corrected chi connectivity index (χ0v) is 31.2. The van der Waals surface area contributed by atoms with Crippen LogP contribution in [0, 0.1) is 0 Å². The summed E-state index contributed by atoms with van der Waals surface area (Å²) in [6.07, 6.45) is -0.844. The summed E-state index contributed by atoms with van der Waals surface area (Å²) in [5, 5.41) is 9.48. The lowest BCUT2D eigenvalue weighted by Gasteiger charge is -2.43. The van der Waals surface area contributed by atoms with Crippen molar-refractivity contribution in [3.63, 3.8) is 0 Å². The van der Waals surface area contributed by atoms with Crippen LogP contribution >= 0.6 is 0 Å². The molecule has 15 nitrogen and oxygen atoms in total. The summed E-state index contributed by atoms with van der Waals surface area (Å²) < 4.78 is 74.7. The SMILES string of the molecule is CCO[Si](OCC)(OCC)O[Si](CCCN(C)C(=O)O)(O[Si](OCC)(OCC)OCC)O[Si](OCC)(OCC)OCC. The van der Waals surface area contributed by atoms with Gasteiger partial charge >= 0.3 is 42.0 Å². The number of hydrogen-bond acceptors (Lipinski definition) is 13. The first kappa shape index (κ1) is 41.7. The molecule has 0 spiro atoms. The lowest BCUT2D eigenvalue weighted by atomic mass is 10.4. The van der Waals surface area contributed by atoms with Crippen molar-refractivity contribution in [3.8, 4) is 0 Å². The van der Waals surface area contributed by atoms with Gasteiger partial charge in [0.25, 0.3) is 0 Å². The minimum Gasteiger partial charge on any atom is -0.465 e. The van der Waals surface area contributed by atoms with E-state index in [0.29, 0.717) is 0 Å². The van der Waals surface area contributed by atoms with E-state index in [1.165, 1.54) is 7.05 Å². The molecule has 42 heavy (non-hydrogen) atoms. The minimum atomic E-state index is -4.30. The molecule has 0 aliphatic rings. The molecule has 0 aliphatic carbocycles. The van der Waals surface area contributed by atoms with Crippen LogP contribution in [0.15, 0.2) is 0 Å². The van der Waals surface area contributed by atoms with Crippen LogP contribution in [0.5, 0.6) is 0 Å². The molecule has 0 atom stereocenters. The fourth-order valence-electron chi connectivity index (χ4n) is 3.65. The predicted octanol–water partition coefficient (Wildman–Crippen LogP) is 3.61. The Morgan fingerprint density at radius 2 is 0.762 bits per heavy atom. The first-order valence-corrected chi connectivity index (χ1v) is 21.6. The van der Waals surface area contributed by atoms with Crippen LogP contribution in [-0.2, 0) is 52.2 Å². The van der Waals surface area contributed by atoms with Crippen LogP contribution in [0.2, 0.25) is 6.04 Å². The maximum Gasteiger partial charge on any atom is 0.672 e. The molecule has 0 aromatic heterocycles. The van der Waals surface area contributed by atoms with Gasteiger partial charge in [-0.3, -0.25) is 0 Å². The van der Waals surface area contributed by atoms with Gasteiger partial charge in [-0.1, -0.05) is 0 Å². The number of rotatable bonds is 28. The second kappa shape index (κ2) is 22.2. The Labute approximate surface area is 256 Å². The number of hydrogen-bond donors (Lipinski definition) is 1. The van der Waals surface area contributed by atoms with Crippen LogP contribution in [0.1, 0.15) is 68.7 Å². The van der Waals surface area contributed by atoms with Crippen LogP contribution in [-0.4, -0.2) is 125 Å². The molecule has 0 saturated heterocycles. The van der Waals surface area contributed by atoms with Gasteiger partial charge in [0.15, 0.2) is 0 Å². The zero-order chi connectivity index (χ0) is 32.1. The average Bonchev–Trinajstić information content (AvgIpc) is 2.90. The van der Waals surface area contributed by atoms with Crippen molar-refractivity contribution in [2.45, 2.75) is 74.8 Å². The molecule has 0 aromatic carbocycles. The molecular formula is C23H55NO14Si4. The Morgan fingerprint density at radius 1 is 0.524 bits per heavy atom. The predicted molar refractivity (Wildman–Crippen MR) is 161 cm³/mol. The Bertz CT molecular complexity index is 594. The number of nitrogens with zero attached hydrogens (tertiary/aromatic N) is 1. The highest BCUT2D eigenvalue weighted by Gasteiger charge is 2.67. The Morgan fingerprint density at radius 3 is 0.952 bits per heavy atom. The Hall–Kier alpha value is -0.342. The summed E-state index contributed by atoms with van der Waals surface area (Å²) >= 11 is 0. The van der Waals surface area contributed by atoms with Crippen molar-refractivity contribution in [2.24, 2.45) is 0 Å². The van der Waals surface area contributed by atoms with Crippen molar-refractivity contribution >= 4 is 42.0 Å². The van der Waals surface area contributed by atoms with Gasteiger partial charge in [-0.15, -0.1) is 0 Å². The molecule has 0 fully saturated rings. The van der Waals surface area contributed by atoms with Gasteiger partial charge in [-0.2, -0.15) is 0 Å². The minimum absolute atomic E-state index is 0.0382. The molecule has 0 bridgehead atoms. The van der Waals surface area contributed by atoms with Gasteiger partial charge in [0, 0.05) is 79.1 Å². The van der Waals surface area contributed by atoms with Crippen LogP contribution < -0.4 is 0 Å². The van der Waals surface area contributed by atoms with E-state index in [9.17, 15) is 9.90 Å². The van der Waals surface area contributed by atoms with Crippen molar-refractivity contribution < 1.29 is 62.1 Å². The van der Waals surface area contributed by atoms with Crippen molar-refractivity contribution in [2.75, 3.05) is 73.1 Å². The Balaban J connectivity index is 7.43. The Kier molecular flexibility index (Phi) is 22.0. The number of amides is 1. The van der Waals surface area contributed by atoms with E-state index in [4.69, 9.17) is 52.2 Å². The molecule has 1 amide bonds. The van der Waals surface area contributed by atoms with E-state index < -0.39 is 42.0 Å². The van der Waals surface area contributed by atoms with E-state index >= 15 is 0 Å². The summed E-state index contributed by atoms with van der Waals surface area (Å²) in [7, 11) is -14.8. The third-order valence-corrected chi connectivity index (χ3v) is 18.5. The van der Waals surface area contributed by atoms with Gasteiger partial charge in [-0.25, -0.2) is 4.79 Å². The molecule has 252 valence electrons. The fraction of sp³-hybridized carbons (Fsp3) is 0.957. The first-order chi connectivity index (χ1) is 20.0. The quantitative estimate of drug-likeness (QED) is 0.120. The number of carbonyl (C=O) groups is 1. The normalized spacial score (nSPS) is 13.1. The highest BCUT2D eigenvalue weighted by atomic mass is 28.5. The zero-order valence-electron chi connectivity index (χ0n) is 27.2. The molecule has 0 aliphatic heterocycles. The van der Waals surface area contributed by atoms with E-state index in [2.05, 4.69) is 0 Å². The largest absolute Gasteiger partial charge is 0.672 e. The molecule has 0 rings (SSSR count). The number of carboxylic acid groups (broad SMARTS) is 1. The van der Waals surface area contributed by atoms with E-state index in [0.717, 1.165) is 4.90 Å². The smallest absolute Gasteiger partial charge is 0.465 e. The lowest BCUT2D eigenvalue weighted by Crippen LogP contribution is -2.70. The maximum absolute atomic E-state index is 11.6. The lowest BCUT2D eigenvalue weighted by molar-refractivity contribution is -0.0546. The molecule has 0 radical (unpaired) electrons. The molecule has 0 saturated carbocycles. The summed E-state index contributed by atoms with van der Waals surface area (Å²) in [5.74, 6) is 0. The van der Waals surface area contributed by atoms with E-state index in [1.807, 2.05) is 0 Å². The van der Waals surface area contributed by atoms with Gasteiger partial charge in [0.2, 0.25) is 0 Å². The van der Waals surface area contributed by atoms with Crippen molar-refractivity contribution in [1.29, 1.82) is 0 Å². The highest BCUT2D eigenvalue weighted by molar-refractivity contribution is 6.82. The molecular weight excluding hydrogens is 627 g/mol. The van der Waals surface area contributed by atoms with Crippen molar-refractivity contribution in [3.05, 3.63) is 0 Å². The van der Waals surface area contributed by atoms with Crippen LogP contribution in [0.25, 0.3) is 0 Å². The monoisotopic (exact) mass is 681 g/mol. The van der Waals surface area contributed by atoms with Gasteiger partial charge in [0.1, 0.15) is 0 Å². The average molecular weight is 682 g/mol. The summed E-state index contributed by atoms with van der Waals surface area (Å²) in [6.45, 7) is 18.0. The van der Waals surface area contributed by atoms with Crippen LogP contribution in [0.3, 0.4) is 0 Å². The van der Waals surface area contributed by atoms with E-state index in [1.54, 1.807) is 62.3 Å². The second-order valence-electron chi connectivity index (χ2n) is 8.19. The molecule has 0 heterocycles. The van der Waals surface area contributed by atoms with Gasteiger partial charge < -0.3 is 62.2 Å². The third kappa shape index (κ3) is 14.2. The highest BCUT2D eigenvalue weighted by Crippen LogP contribution is 2.33. The molecule has 1 N–H and O–H groups in total. The van der Waals surface area contributed by atoms with Crippen LogP contribution in [0.4, 0.5) is 4.79 Å². The fourth-order valence-corrected chi connectivity index (χ4v) is 17.7. The molecule has 0 aromatic rings. The summed E-state index contributed by atoms with van der Waals surface area (Å²) in [6, 6.07) is 0.0382. The third-order valence-electron chi connectivity index (χ3n) is 5.03. The first-order valence-electron chi connectivity index (χ1n) is 14.8. The van der Waals surface area contributed by atoms with Gasteiger partial charge in [-0.05, 0) is 68.7 Å². The van der Waals surface area contributed by atoms with E-state index in [-0.39, 0.29) is 78.5 Å². The summed E-state index contributed by atoms with van der Waals surface area (Å²) in [4.78, 5) is 12.7. The summed E-state index contributed by atoms with van der Waals surface area (Å²) in [5.41, 5.74) is 0.